The third-order valence-electron chi connectivity index (χ3n) is 4.04. The van der Waals surface area contributed by atoms with Crippen LogP contribution in [0, 0.1) is 12.3 Å². The summed E-state index contributed by atoms with van der Waals surface area (Å²) in [4.78, 5) is 0. The molecule has 0 aliphatic heterocycles. The van der Waals surface area contributed by atoms with E-state index in [0.29, 0.717) is 5.41 Å². The maximum atomic E-state index is 5.53. The second kappa shape index (κ2) is 8.79. The van der Waals surface area contributed by atoms with E-state index in [1.165, 1.54) is 34.9 Å². The molecule has 1 aromatic carbocycles. The van der Waals surface area contributed by atoms with Crippen molar-refractivity contribution in [3.8, 4) is 5.75 Å². The lowest BCUT2D eigenvalue weighted by Gasteiger charge is -2.25. The minimum absolute atomic E-state index is 0.350. The van der Waals surface area contributed by atoms with Crippen LogP contribution >= 0.6 is 15.9 Å². The first-order valence-electron chi connectivity index (χ1n) is 7.93. The van der Waals surface area contributed by atoms with Gasteiger partial charge in [0.25, 0.3) is 0 Å². The smallest absolute Gasteiger partial charge is 0.122 e. The minimum Gasteiger partial charge on any atom is -0.496 e. The van der Waals surface area contributed by atoms with Crippen LogP contribution < -0.4 is 10.1 Å². The Kier molecular flexibility index (Phi) is 7.75. The first-order valence-corrected chi connectivity index (χ1v) is 8.72. The summed E-state index contributed by atoms with van der Waals surface area (Å²) in [5.74, 6) is 1.01. The number of hydrogen-bond donors (Lipinski definition) is 1. The fraction of sp³-hybridized carbons (Fsp3) is 0.667. The first-order chi connectivity index (χ1) is 9.89. The van der Waals surface area contributed by atoms with E-state index in [1.807, 2.05) is 0 Å². The monoisotopic (exact) mass is 355 g/mol. The summed E-state index contributed by atoms with van der Waals surface area (Å²) in [5, 5.41) is 3.50. The van der Waals surface area contributed by atoms with Crippen LogP contribution in [-0.4, -0.2) is 20.2 Å². The molecule has 120 valence electrons. The zero-order chi connectivity index (χ0) is 15.9. The molecule has 1 rings (SSSR count). The summed E-state index contributed by atoms with van der Waals surface area (Å²) in [6, 6.07) is 4.33. The molecule has 0 saturated carbocycles. The molecule has 0 aliphatic carbocycles. The summed E-state index contributed by atoms with van der Waals surface area (Å²) in [7, 11) is 1.76. The second-order valence-electron chi connectivity index (χ2n) is 6.58. The van der Waals surface area contributed by atoms with Gasteiger partial charge in [0.1, 0.15) is 5.75 Å². The van der Waals surface area contributed by atoms with Gasteiger partial charge in [0.05, 0.1) is 7.11 Å². The number of ether oxygens (including phenoxy) is 1. The molecule has 0 heterocycles. The van der Waals surface area contributed by atoms with Gasteiger partial charge in [-0.05, 0) is 74.4 Å². The van der Waals surface area contributed by atoms with E-state index in [2.05, 4.69) is 61.1 Å². The van der Waals surface area contributed by atoms with Crippen molar-refractivity contribution in [3.05, 3.63) is 27.7 Å². The largest absolute Gasteiger partial charge is 0.496 e. The molecule has 0 radical (unpaired) electrons. The fourth-order valence-corrected chi connectivity index (χ4v) is 2.80. The van der Waals surface area contributed by atoms with Crippen molar-refractivity contribution in [2.24, 2.45) is 5.41 Å². The summed E-state index contributed by atoms with van der Waals surface area (Å²) >= 11 is 3.62. The Balaban J connectivity index is 2.59. The number of rotatable bonds is 9. The van der Waals surface area contributed by atoms with Gasteiger partial charge in [-0.25, -0.2) is 0 Å². The predicted molar refractivity (Wildman–Crippen MR) is 95.3 cm³/mol. The van der Waals surface area contributed by atoms with Gasteiger partial charge in [0.2, 0.25) is 0 Å². The minimum atomic E-state index is 0.350. The van der Waals surface area contributed by atoms with Crippen LogP contribution in [0.3, 0.4) is 0 Å². The Morgan fingerprint density at radius 2 is 1.90 bits per heavy atom. The number of benzene rings is 1. The second-order valence-corrected chi connectivity index (χ2v) is 7.43. The van der Waals surface area contributed by atoms with Gasteiger partial charge in [0, 0.05) is 4.47 Å². The molecular weight excluding hydrogens is 326 g/mol. The summed E-state index contributed by atoms with van der Waals surface area (Å²) < 4.78 is 6.69. The molecule has 1 N–H and O–H groups in total. The van der Waals surface area contributed by atoms with Gasteiger partial charge in [-0.3, -0.25) is 0 Å². The van der Waals surface area contributed by atoms with Crippen molar-refractivity contribution in [3.63, 3.8) is 0 Å². The molecular formula is C18H30BrNO. The van der Waals surface area contributed by atoms with E-state index in [4.69, 9.17) is 4.74 Å². The van der Waals surface area contributed by atoms with E-state index in [9.17, 15) is 0 Å². The van der Waals surface area contributed by atoms with Gasteiger partial charge in [0.15, 0.2) is 0 Å². The van der Waals surface area contributed by atoms with Crippen LogP contribution in [-0.2, 0) is 6.42 Å². The summed E-state index contributed by atoms with van der Waals surface area (Å²) in [5.41, 5.74) is 2.87. The maximum Gasteiger partial charge on any atom is 0.122 e. The molecule has 0 unspecified atom stereocenters. The highest BCUT2D eigenvalue weighted by atomic mass is 79.9. The van der Waals surface area contributed by atoms with E-state index < -0.39 is 0 Å². The van der Waals surface area contributed by atoms with Crippen LogP contribution in [0.15, 0.2) is 16.6 Å². The topological polar surface area (TPSA) is 21.3 Å². The van der Waals surface area contributed by atoms with Crippen LogP contribution in [0.4, 0.5) is 0 Å². The standard InChI is InChI=1S/C18H30BrNO/c1-6-10-20-11-9-18(3,4)8-7-15-13-16(19)14(2)12-17(15)21-5/h12-13,20H,6-11H2,1-5H3. The van der Waals surface area contributed by atoms with Crippen LogP contribution in [0.2, 0.25) is 0 Å². The molecule has 0 spiro atoms. The maximum absolute atomic E-state index is 5.53. The number of nitrogens with one attached hydrogen (secondary N) is 1. The van der Waals surface area contributed by atoms with Gasteiger partial charge >= 0.3 is 0 Å². The number of aryl methyl sites for hydroxylation is 2. The molecule has 0 amide bonds. The Morgan fingerprint density at radius 3 is 2.52 bits per heavy atom. The predicted octanol–water partition coefficient (Wildman–Crippen LogP) is 5.11. The third-order valence-corrected chi connectivity index (χ3v) is 4.89. The average molecular weight is 356 g/mol. The van der Waals surface area contributed by atoms with Crippen LogP contribution in [0.1, 0.15) is 51.2 Å². The van der Waals surface area contributed by atoms with Gasteiger partial charge in [-0.1, -0.05) is 36.7 Å². The lowest BCUT2D eigenvalue weighted by atomic mass is 9.83. The lowest BCUT2D eigenvalue weighted by molar-refractivity contribution is 0.300. The number of halogens is 1. The van der Waals surface area contributed by atoms with Crippen molar-refractivity contribution in [1.29, 1.82) is 0 Å². The zero-order valence-electron chi connectivity index (χ0n) is 14.2. The molecule has 1 aromatic rings. The highest BCUT2D eigenvalue weighted by Gasteiger charge is 2.18. The van der Waals surface area contributed by atoms with Crippen molar-refractivity contribution in [2.75, 3.05) is 20.2 Å². The number of hydrogen-bond acceptors (Lipinski definition) is 2. The Morgan fingerprint density at radius 1 is 1.19 bits per heavy atom. The van der Waals surface area contributed by atoms with E-state index in [-0.39, 0.29) is 0 Å². The van der Waals surface area contributed by atoms with Crippen molar-refractivity contribution in [2.45, 2.75) is 53.4 Å². The number of methoxy groups -OCH3 is 1. The molecule has 0 fully saturated rings. The Hall–Kier alpha value is -0.540. The zero-order valence-corrected chi connectivity index (χ0v) is 15.8. The Bertz CT molecular complexity index is 443. The summed E-state index contributed by atoms with van der Waals surface area (Å²) in [6.45, 7) is 11.2. The van der Waals surface area contributed by atoms with Crippen molar-refractivity contribution >= 4 is 15.9 Å². The molecule has 0 saturated heterocycles. The SMILES string of the molecule is CCCNCCC(C)(C)CCc1cc(Br)c(C)cc1OC. The van der Waals surface area contributed by atoms with Crippen LogP contribution in [0.25, 0.3) is 0 Å². The quantitative estimate of drug-likeness (QED) is 0.621. The van der Waals surface area contributed by atoms with Crippen LogP contribution in [0.5, 0.6) is 5.75 Å². The normalized spacial score (nSPS) is 11.7. The van der Waals surface area contributed by atoms with Gasteiger partial charge in [-0.15, -0.1) is 0 Å². The van der Waals surface area contributed by atoms with Gasteiger partial charge < -0.3 is 10.1 Å². The molecule has 3 heteroatoms. The first kappa shape index (κ1) is 18.5. The molecule has 0 atom stereocenters. The van der Waals surface area contributed by atoms with E-state index in [0.717, 1.165) is 25.3 Å². The van der Waals surface area contributed by atoms with Crippen molar-refractivity contribution < 1.29 is 4.74 Å². The third kappa shape index (κ3) is 6.39. The van der Waals surface area contributed by atoms with E-state index in [1.54, 1.807) is 7.11 Å². The molecule has 0 bridgehead atoms. The average Bonchev–Trinajstić information content (AvgIpc) is 2.44. The molecule has 0 aromatic heterocycles. The van der Waals surface area contributed by atoms with E-state index >= 15 is 0 Å². The highest BCUT2D eigenvalue weighted by Crippen LogP contribution is 2.32. The molecule has 0 aliphatic rings. The van der Waals surface area contributed by atoms with Gasteiger partial charge in [-0.2, -0.15) is 0 Å². The molecule has 21 heavy (non-hydrogen) atoms. The molecule has 2 nitrogen and oxygen atoms in total. The summed E-state index contributed by atoms with van der Waals surface area (Å²) in [6.07, 6.45) is 4.65. The van der Waals surface area contributed by atoms with Crippen molar-refractivity contribution in [1.82, 2.24) is 5.32 Å². The Labute approximate surface area is 138 Å². The lowest BCUT2D eigenvalue weighted by Crippen LogP contribution is -2.23. The fourth-order valence-electron chi connectivity index (χ4n) is 2.41. The highest BCUT2D eigenvalue weighted by molar-refractivity contribution is 9.10.